The highest BCUT2D eigenvalue weighted by Gasteiger charge is 2.31. The summed E-state index contributed by atoms with van der Waals surface area (Å²) in [4.78, 5) is 18.8. The van der Waals surface area contributed by atoms with E-state index >= 15 is 0 Å². The number of anilines is 1. The largest absolute Gasteiger partial charge is 0.488 e. The number of ether oxygens (including phenoxy) is 1. The Labute approximate surface area is 171 Å². The van der Waals surface area contributed by atoms with Gasteiger partial charge >= 0.3 is 12.2 Å². The Hall–Kier alpha value is -3.49. The monoisotopic (exact) mass is 416 g/mol. The Morgan fingerprint density at radius 2 is 2.10 bits per heavy atom. The van der Waals surface area contributed by atoms with Gasteiger partial charge in [-0.15, -0.1) is 0 Å². The lowest BCUT2D eigenvalue weighted by atomic mass is 10.1. The van der Waals surface area contributed by atoms with Crippen LogP contribution in [0.5, 0.6) is 5.75 Å². The fourth-order valence-corrected chi connectivity index (χ4v) is 3.23. The van der Waals surface area contributed by atoms with Crippen LogP contribution in [0.25, 0.3) is 11.3 Å². The van der Waals surface area contributed by atoms with Gasteiger partial charge < -0.3 is 15.4 Å². The summed E-state index contributed by atoms with van der Waals surface area (Å²) in [6.07, 6.45) is -0.746. The molecule has 0 fully saturated rings. The number of carbonyl (C=O) groups excluding carboxylic acids is 1. The standard InChI is InChI=1S/C21H19F3N4O2/c1-13-16(6-3-9-25-13)27-20(29)28-10-11-30-18-8-7-17(26-19(18)28)14-4-2-5-15(12-14)21(22,23)24/h2-8,12,25H,9-11H2,1H3,(H,27,29). The average molecular weight is 416 g/mol. The second kappa shape index (κ2) is 7.74. The molecule has 0 saturated heterocycles. The van der Waals surface area contributed by atoms with Crippen molar-refractivity contribution in [3.63, 3.8) is 0 Å². The molecule has 4 rings (SSSR count). The highest BCUT2D eigenvalue weighted by Crippen LogP contribution is 2.35. The maximum absolute atomic E-state index is 13.1. The van der Waals surface area contributed by atoms with E-state index in [1.807, 2.05) is 19.1 Å². The van der Waals surface area contributed by atoms with E-state index in [0.29, 0.717) is 29.2 Å². The molecule has 2 amide bonds. The molecule has 0 atom stereocenters. The molecule has 2 aromatic rings. The van der Waals surface area contributed by atoms with Crippen molar-refractivity contribution in [3.05, 3.63) is 65.5 Å². The van der Waals surface area contributed by atoms with Crippen molar-refractivity contribution in [2.45, 2.75) is 13.1 Å². The summed E-state index contributed by atoms with van der Waals surface area (Å²) < 4.78 is 44.8. The summed E-state index contributed by atoms with van der Waals surface area (Å²) >= 11 is 0. The molecule has 9 heteroatoms. The van der Waals surface area contributed by atoms with Crippen LogP contribution in [0.15, 0.2) is 59.9 Å². The van der Waals surface area contributed by atoms with Crippen LogP contribution in [0.1, 0.15) is 12.5 Å². The quantitative estimate of drug-likeness (QED) is 0.775. The Bertz CT molecular complexity index is 1050. The molecule has 1 aromatic carbocycles. The number of allylic oxidation sites excluding steroid dienone is 2. The lowest BCUT2D eigenvalue weighted by Crippen LogP contribution is -2.45. The first-order valence-electron chi connectivity index (χ1n) is 9.34. The minimum absolute atomic E-state index is 0.264. The number of urea groups is 1. The Balaban J connectivity index is 1.65. The molecular weight excluding hydrogens is 397 g/mol. The molecule has 2 N–H and O–H groups in total. The van der Waals surface area contributed by atoms with Crippen molar-refractivity contribution in [1.29, 1.82) is 0 Å². The first-order valence-corrected chi connectivity index (χ1v) is 9.34. The molecule has 6 nitrogen and oxygen atoms in total. The minimum atomic E-state index is -4.45. The van der Waals surface area contributed by atoms with E-state index in [1.165, 1.54) is 11.0 Å². The van der Waals surface area contributed by atoms with Crippen LogP contribution in [-0.2, 0) is 6.18 Å². The summed E-state index contributed by atoms with van der Waals surface area (Å²) in [5.74, 6) is 0.662. The van der Waals surface area contributed by atoms with E-state index in [2.05, 4.69) is 15.6 Å². The summed E-state index contributed by atoms with van der Waals surface area (Å²) in [7, 11) is 0. The number of alkyl halides is 3. The highest BCUT2D eigenvalue weighted by atomic mass is 19.4. The third-order valence-electron chi connectivity index (χ3n) is 4.81. The maximum Gasteiger partial charge on any atom is 0.416 e. The number of hydrogen-bond acceptors (Lipinski definition) is 4. The van der Waals surface area contributed by atoms with Gasteiger partial charge in [0.1, 0.15) is 6.61 Å². The zero-order valence-corrected chi connectivity index (χ0v) is 16.1. The molecular formula is C21H19F3N4O2. The Morgan fingerprint density at radius 3 is 2.87 bits per heavy atom. The van der Waals surface area contributed by atoms with E-state index in [1.54, 1.807) is 18.2 Å². The highest BCUT2D eigenvalue weighted by molar-refractivity contribution is 5.94. The van der Waals surface area contributed by atoms with Crippen LogP contribution in [0, 0.1) is 0 Å². The van der Waals surface area contributed by atoms with Crippen LogP contribution in [0.4, 0.5) is 23.8 Å². The second-order valence-electron chi connectivity index (χ2n) is 6.85. The van der Waals surface area contributed by atoms with Gasteiger partial charge in [-0.3, -0.25) is 4.90 Å². The Morgan fingerprint density at radius 1 is 1.27 bits per heavy atom. The van der Waals surface area contributed by atoms with Gasteiger partial charge in [0.25, 0.3) is 0 Å². The molecule has 0 unspecified atom stereocenters. The molecule has 0 spiro atoms. The lowest BCUT2D eigenvalue weighted by Gasteiger charge is -2.29. The number of carbonyl (C=O) groups is 1. The van der Waals surface area contributed by atoms with E-state index in [9.17, 15) is 18.0 Å². The predicted octanol–water partition coefficient (Wildman–Crippen LogP) is 4.07. The van der Waals surface area contributed by atoms with Crippen molar-refractivity contribution < 1.29 is 22.7 Å². The molecule has 0 radical (unpaired) electrons. The third kappa shape index (κ3) is 3.96. The molecule has 30 heavy (non-hydrogen) atoms. The molecule has 2 aliphatic heterocycles. The zero-order valence-electron chi connectivity index (χ0n) is 16.1. The number of amides is 2. The van der Waals surface area contributed by atoms with Crippen molar-refractivity contribution in [2.24, 2.45) is 0 Å². The normalized spacial score (nSPS) is 15.9. The van der Waals surface area contributed by atoms with E-state index < -0.39 is 17.8 Å². The van der Waals surface area contributed by atoms with Gasteiger partial charge in [0.05, 0.1) is 23.5 Å². The predicted molar refractivity (Wildman–Crippen MR) is 106 cm³/mol. The van der Waals surface area contributed by atoms with Crippen LogP contribution >= 0.6 is 0 Å². The first kappa shape index (κ1) is 19.8. The van der Waals surface area contributed by atoms with Gasteiger partial charge in [0.2, 0.25) is 0 Å². The van der Waals surface area contributed by atoms with Crippen molar-refractivity contribution in [2.75, 3.05) is 24.6 Å². The number of pyridine rings is 1. The average Bonchev–Trinajstić information content (AvgIpc) is 2.74. The van der Waals surface area contributed by atoms with Gasteiger partial charge in [-0.05, 0) is 37.3 Å². The molecule has 0 bridgehead atoms. The van der Waals surface area contributed by atoms with Crippen molar-refractivity contribution in [3.8, 4) is 17.0 Å². The fourth-order valence-electron chi connectivity index (χ4n) is 3.23. The van der Waals surface area contributed by atoms with E-state index in [0.717, 1.165) is 17.8 Å². The molecule has 2 aliphatic rings. The van der Waals surface area contributed by atoms with Crippen LogP contribution < -0.4 is 20.3 Å². The number of rotatable bonds is 2. The third-order valence-corrected chi connectivity index (χ3v) is 4.81. The number of benzene rings is 1. The lowest BCUT2D eigenvalue weighted by molar-refractivity contribution is -0.137. The topological polar surface area (TPSA) is 66.5 Å². The van der Waals surface area contributed by atoms with E-state index in [-0.39, 0.29) is 19.0 Å². The van der Waals surface area contributed by atoms with Gasteiger partial charge in [0, 0.05) is 17.8 Å². The molecule has 156 valence electrons. The Kier molecular flexibility index (Phi) is 5.11. The van der Waals surface area contributed by atoms with Gasteiger partial charge in [-0.2, -0.15) is 13.2 Å². The van der Waals surface area contributed by atoms with Gasteiger partial charge in [-0.1, -0.05) is 18.2 Å². The van der Waals surface area contributed by atoms with Gasteiger partial charge in [0.15, 0.2) is 11.6 Å². The van der Waals surface area contributed by atoms with Crippen molar-refractivity contribution >= 4 is 11.8 Å². The maximum atomic E-state index is 13.1. The smallest absolute Gasteiger partial charge is 0.416 e. The van der Waals surface area contributed by atoms with Gasteiger partial charge in [-0.25, -0.2) is 9.78 Å². The number of fused-ring (bicyclic) bond motifs is 1. The second-order valence-corrected chi connectivity index (χ2v) is 6.85. The number of nitrogens with zero attached hydrogens (tertiary/aromatic N) is 2. The van der Waals surface area contributed by atoms with E-state index in [4.69, 9.17) is 4.74 Å². The van der Waals surface area contributed by atoms with Crippen LogP contribution in [0.3, 0.4) is 0 Å². The summed E-state index contributed by atoms with van der Waals surface area (Å²) in [6, 6.07) is 7.72. The summed E-state index contributed by atoms with van der Waals surface area (Å²) in [6.45, 7) is 3.10. The summed E-state index contributed by atoms with van der Waals surface area (Å²) in [5, 5.41) is 5.98. The zero-order chi connectivity index (χ0) is 21.3. The number of dihydropyridines is 1. The number of aromatic nitrogens is 1. The van der Waals surface area contributed by atoms with Crippen LogP contribution in [-0.4, -0.2) is 30.7 Å². The van der Waals surface area contributed by atoms with Crippen molar-refractivity contribution in [1.82, 2.24) is 15.6 Å². The molecule has 0 aliphatic carbocycles. The number of hydrogen-bond donors (Lipinski definition) is 2. The molecule has 3 heterocycles. The van der Waals surface area contributed by atoms with Crippen LogP contribution in [0.2, 0.25) is 0 Å². The minimum Gasteiger partial charge on any atom is -0.488 e. The fraction of sp³-hybridized carbons (Fsp3) is 0.238. The summed E-state index contributed by atoms with van der Waals surface area (Å²) in [5.41, 5.74) is 1.34. The first-order chi connectivity index (χ1) is 14.3. The molecule has 1 aromatic heterocycles. The molecule has 0 saturated carbocycles. The SMILES string of the molecule is CC1=C(NC(=O)N2CCOc3ccc(-c4cccc(C(F)(F)F)c4)nc32)C=CCN1. The number of nitrogens with one attached hydrogen (secondary N) is 2. The number of halogens is 3.